The Morgan fingerprint density at radius 3 is 2.42 bits per heavy atom. The second-order valence-corrected chi connectivity index (χ2v) is 3.77. The summed E-state index contributed by atoms with van der Waals surface area (Å²) in [5, 5.41) is 7.76. The third-order valence-electron chi connectivity index (χ3n) is 2.98. The number of methoxy groups -OCH3 is 1. The molecule has 12 heavy (non-hydrogen) atoms. The molecule has 0 aromatic rings. The molecule has 1 aliphatic rings. The predicted octanol–water partition coefficient (Wildman–Crippen LogP) is 2.97. The van der Waals surface area contributed by atoms with E-state index in [2.05, 4.69) is 6.92 Å². The second kappa shape index (κ2) is 3.92. The van der Waals surface area contributed by atoms with Crippen LogP contribution in [0.4, 0.5) is 0 Å². The average Bonchev–Trinajstić information content (AvgIpc) is 2.53. The summed E-state index contributed by atoms with van der Waals surface area (Å²) < 4.78 is 5.07. The monoisotopic (exact) mass is 169 g/mol. The molecule has 2 heteroatoms. The zero-order chi connectivity index (χ0) is 9.03. The molecule has 0 saturated heterocycles. The Hall–Kier alpha value is -0.530. The molecule has 0 amide bonds. The van der Waals surface area contributed by atoms with E-state index in [-0.39, 0.29) is 5.41 Å². The van der Waals surface area contributed by atoms with Gasteiger partial charge in [0.05, 0.1) is 7.11 Å². The van der Waals surface area contributed by atoms with E-state index in [1.807, 2.05) is 0 Å². The first-order valence-electron chi connectivity index (χ1n) is 4.88. The number of hydrogen-bond acceptors (Lipinski definition) is 2. The zero-order valence-electron chi connectivity index (χ0n) is 8.15. The van der Waals surface area contributed by atoms with Gasteiger partial charge in [0.15, 0.2) is 5.90 Å². The normalized spacial score (nSPS) is 20.8. The van der Waals surface area contributed by atoms with Gasteiger partial charge in [-0.25, -0.2) is 0 Å². The van der Waals surface area contributed by atoms with E-state index >= 15 is 0 Å². The summed E-state index contributed by atoms with van der Waals surface area (Å²) in [6.45, 7) is 2.18. The number of ether oxygens (including phenoxy) is 1. The third-order valence-corrected chi connectivity index (χ3v) is 2.98. The zero-order valence-corrected chi connectivity index (χ0v) is 8.15. The minimum Gasteiger partial charge on any atom is -0.484 e. The number of nitrogens with one attached hydrogen (secondary N) is 1. The summed E-state index contributed by atoms with van der Waals surface area (Å²) in [6.07, 6.45) is 7.14. The standard InChI is InChI=1S/C10H19NO/c1-3-6-10(9(11)12-2)7-4-5-8-10/h11H,3-8H2,1-2H3. The summed E-state index contributed by atoms with van der Waals surface area (Å²) in [6, 6.07) is 0. The molecule has 70 valence electrons. The van der Waals surface area contributed by atoms with Gasteiger partial charge in [-0.15, -0.1) is 0 Å². The highest BCUT2D eigenvalue weighted by Gasteiger charge is 2.38. The van der Waals surface area contributed by atoms with Gasteiger partial charge in [-0.1, -0.05) is 26.2 Å². The highest BCUT2D eigenvalue weighted by molar-refractivity contribution is 5.79. The lowest BCUT2D eigenvalue weighted by Gasteiger charge is -2.27. The third kappa shape index (κ3) is 1.62. The Morgan fingerprint density at radius 2 is 2.00 bits per heavy atom. The Bertz CT molecular complexity index is 159. The molecule has 0 unspecified atom stereocenters. The van der Waals surface area contributed by atoms with Gasteiger partial charge in [0, 0.05) is 5.41 Å². The molecule has 1 fully saturated rings. The van der Waals surface area contributed by atoms with Crippen molar-refractivity contribution in [1.82, 2.24) is 0 Å². The van der Waals surface area contributed by atoms with E-state index in [1.54, 1.807) is 7.11 Å². The fraction of sp³-hybridized carbons (Fsp3) is 0.900. The van der Waals surface area contributed by atoms with Crippen molar-refractivity contribution in [2.45, 2.75) is 45.4 Å². The molecular formula is C10H19NO. The Balaban J connectivity index is 2.64. The van der Waals surface area contributed by atoms with Crippen molar-refractivity contribution in [3.8, 4) is 0 Å². The van der Waals surface area contributed by atoms with Crippen LogP contribution in [-0.2, 0) is 4.74 Å². The van der Waals surface area contributed by atoms with Gasteiger partial charge >= 0.3 is 0 Å². The van der Waals surface area contributed by atoms with Gasteiger partial charge in [-0.3, -0.25) is 5.41 Å². The van der Waals surface area contributed by atoms with Crippen LogP contribution in [0.1, 0.15) is 45.4 Å². The number of rotatable bonds is 3. The van der Waals surface area contributed by atoms with Crippen LogP contribution in [-0.4, -0.2) is 13.0 Å². The van der Waals surface area contributed by atoms with Crippen molar-refractivity contribution >= 4 is 5.90 Å². The molecule has 1 saturated carbocycles. The first-order valence-corrected chi connectivity index (χ1v) is 4.88. The maximum atomic E-state index is 7.76. The molecule has 2 nitrogen and oxygen atoms in total. The van der Waals surface area contributed by atoms with Crippen LogP contribution in [0.2, 0.25) is 0 Å². The van der Waals surface area contributed by atoms with E-state index in [1.165, 1.54) is 12.8 Å². The van der Waals surface area contributed by atoms with Crippen LogP contribution in [0.15, 0.2) is 0 Å². The molecule has 1 rings (SSSR count). The molecule has 0 bridgehead atoms. The molecule has 1 N–H and O–H groups in total. The fourth-order valence-electron chi connectivity index (χ4n) is 2.34. The maximum absolute atomic E-state index is 7.76. The van der Waals surface area contributed by atoms with Gasteiger partial charge in [-0.05, 0) is 19.3 Å². The van der Waals surface area contributed by atoms with Gasteiger partial charge < -0.3 is 4.74 Å². The van der Waals surface area contributed by atoms with Crippen LogP contribution >= 0.6 is 0 Å². The van der Waals surface area contributed by atoms with Crippen molar-refractivity contribution in [3.63, 3.8) is 0 Å². The lowest BCUT2D eigenvalue weighted by molar-refractivity contribution is 0.275. The van der Waals surface area contributed by atoms with Crippen molar-refractivity contribution in [2.75, 3.05) is 7.11 Å². The molecule has 1 aliphatic carbocycles. The van der Waals surface area contributed by atoms with Crippen LogP contribution in [0.3, 0.4) is 0 Å². The average molecular weight is 169 g/mol. The maximum Gasteiger partial charge on any atom is 0.186 e. The van der Waals surface area contributed by atoms with Crippen LogP contribution in [0.25, 0.3) is 0 Å². The highest BCUT2D eigenvalue weighted by atomic mass is 16.5. The topological polar surface area (TPSA) is 33.1 Å². The van der Waals surface area contributed by atoms with E-state index < -0.39 is 0 Å². The Labute approximate surface area is 74.8 Å². The highest BCUT2D eigenvalue weighted by Crippen LogP contribution is 2.42. The number of hydrogen-bond donors (Lipinski definition) is 1. The first-order chi connectivity index (χ1) is 5.75. The van der Waals surface area contributed by atoms with Gasteiger partial charge in [0.2, 0.25) is 0 Å². The first kappa shape index (κ1) is 9.56. The molecule has 0 aromatic carbocycles. The minimum atomic E-state index is 0.115. The lowest BCUT2D eigenvalue weighted by Crippen LogP contribution is -2.28. The summed E-state index contributed by atoms with van der Waals surface area (Å²) in [5.41, 5.74) is 0.115. The smallest absolute Gasteiger partial charge is 0.186 e. The minimum absolute atomic E-state index is 0.115. The molecule has 0 aliphatic heterocycles. The van der Waals surface area contributed by atoms with Crippen LogP contribution in [0, 0.1) is 10.8 Å². The van der Waals surface area contributed by atoms with Crippen LogP contribution < -0.4 is 0 Å². The summed E-state index contributed by atoms with van der Waals surface area (Å²) >= 11 is 0. The Morgan fingerprint density at radius 1 is 1.42 bits per heavy atom. The SMILES string of the molecule is CCCC1(C(=N)OC)CCCC1. The molecular weight excluding hydrogens is 150 g/mol. The molecule has 0 aromatic heterocycles. The van der Waals surface area contributed by atoms with E-state index in [0.29, 0.717) is 5.90 Å². The van der Waals surface area contributed by atoms with Crippen molar-refractivity contribution in [2.24, 2.45) is 5.41 Å². The van der Waals surface area contributed by atoms with Crippen LogP contribution in [0.5, 0.6) is 0 Å². The van der Waals surface area contributed by atoms with E-state index in [9.17, 15) is 0 Å². The fourth-order valence-corrected chi connectivity index (χ4v) is 2.34. The van der Waals surface area contributed by atoms with Gasteiger partial charge in [-0.2, -0.15) is 0 Å². The summed E-state index contributed by atoms with van der Waals surface area (Å²) in [4.78, 5) is 0. The van der Waals surface area contributed by atoms with E-state index in [4.69, 9.17) is 10.1 Å². The summed E-state index contributed by atoms with van der Waals surface area (Å²) in [7, 11) is 1.62. The second-order valence-electron chi connectivity index (χ2n) is 3.77. The Kier molecular flexibility index (Phi) is 3.12. The predicted molar refractivity (Wildman–Crippen MR) is 50.5 cm³/mol. The molecule has 0 radical (unpaired) electrons. The molecule has 0 heterocycles. The quantitative estimate of drug-likeness (QED) is 0.511. The van der Waals surface area contributed by atoms with Gasteiger partial charge in [0.25, 0.3) is 0 Å². The largest absolute Gasteiger partial charge is 0.484 e. The molecule has 0 atom stereocenters. The lowest BCUT2D eigenvalue weighted by atomic mass is 9.81. The van der Waals surface area contributed by atoms with Gasteiger partial charge in [0.1, 0.15) is 0 Å². The van der Waals surface area contributed by atoms with Crippen molar-refractivity contribution < 1.29 is 4.74 Å². The van der Waals surface area contributed by atoms with Crippen molar-refractivity contribution in [3.05, 3.63) is 0 Å². The molecule has 0 spiro atoms. The van der Waals surface area contributed by atoms with E-state index in [0.717, 1.165) is 25.7 Å². The summed E-state index contributed by atoms with van der Waals surface area (Å²) in [5.74, 6) is 0.516. The van der Waals surface area contributed by atoms with Crippen molar-refractivity contribution in [1.29, 1.82) is 5.41 Å².